The number of carboxylic acid groups (broad SMARTS) is 1. The van der Waals surface area contributed by atoms with Crippen LogP contribution < -0.4 is 5.32 Å². The zero-order chi connectivity index (χ0) is 11.3. The van der Waals surface area contributed by atoms with Crippen molar-refractivity contribution >= 4 is 46.0 Å². The topological polar surface area (TPSA) is 66.4 Å². The first-order chi connectivity index (χ1) is 7.13. The highest BCUT2D eigenvalue weighted by Crippen LogP contribution is 2.09. The molecule has 0 amide bonds. The van der Waals surface area contributed by atoms with Crippen molar-refractivity contribution in [3.63, 3.8) is 0 Å². The zero-order valence-corrected chi connectivity index (χ0v) is 10.7. The Kier molecular flexibility index (Phi) is 6.76. The van der Waals surface area contributed by atoms with E-state index in [1.807, 2.05) is 0 Å². The molecule has 0 aromatic heterocycles. The minimum Gasteiger partial charge on any atom is -0.478 e. The van der Waals surface area contributed by atoms with Crippen molar-refractivity contribution in [2.45, 2.75) is 0 Å². The van der Waals surface area contributed by atoms with Gasteiger partial charge in [0.05, 0.1) is 18.0 Å². The van der Waals surface area contributed by atoms with Crippen LogP contribution in [0.4, 0.5) is 5.69 Å². The quantitative estimate of drug-likeness (QED) is 0.818. The van der Waals surface area contributed by atoms with Gasteiger partial charge in [0, 0.05) is 5.69 Å². The number of carbonyl (C=O) groups excluding carboxylic acids is 1. The molecule has 0 aliphatic rings. The normalized spacial score (nSPS) is 9.06. The fraction of sp³-hybridized carbons (Fsp3) is 0.200. The average Bonchev–Trinajstić information content (AvgIpc) is 2.26. The lowest BCUT2D eigenvalue weighted by molar-refractivity contribution is -0.115. The first-order valence-corrected chi connectivity index (χ1v) is 4.82. The van der Waals surface area contributed by atoms with E-state index in [-0.39, 0.29) is 40.8 Å². The number of carboxylic acids is 1. The van der Waals surface area contributed by atoms with Crippen LogP contribution in [0.5, 0.6) is 0 Å². The number of benzene rings is 1. The van der Waals surface area contributed by atoms with E-state index in [0.717, 1.165) is 0 Å². The monoisotopic (exact) mass is 307 g/mol. The molecule has 0 unspecified atom stereocenters. The summed E-state index contributed by atoms with van der Waals surface area (Å²) >= 11 is 5.32. The number of nitrogens with one attached hydrogen (secondary N) is 1. The SMILES string of the molecule is Br.O=C(CCl)CNc1ccc(C(=O)O)cc1. The van der Waals surface area contributed by atoms with Crippen LogP contribution in [0.2, 0.25) is 0 Å². The van der Waals surface area contributed by atoms with Crippen molar-refractivity contribution in [3.05, 3.63) is 29.8 Å². The fourth-order valence-corrected chi connectivity index (χ4v) is 1.07. The van der Waals surface area contributed by atoms with Gasteiger partial charge in [-0.15, -0.1) is 28.6 Å². The van der Waals surface area contributed by atoms with Gasteiger partial charge in [0.2, 0.25) is 0 Å². The molecule has 0 aliphatic heterocycles. The molecule has 2 N–H and O–H groups in total. The lowest BCUT2D eigenvalue weighted by Gasteiger charge is -2.04. The fourth-order valence-electron chi connectivity index (χ4n) is 0.979. The molecule has 4 nitrogen and oxygen atoms in total. The van der Waals surface area contributed by atoms with Gasteiger partial charge in [-0.3, -0.25) is 4.79 Å². The summed E-state index contributed by atoms with van der Waals surface area (Å²) in [5.41, 5.74) is 0.905. The molecule has 0 bridgehead atoms. The molecule has 1 aromatic rings. The van der Waals surface area contributed by atoms with Gasteiger partial charge in [-0.2, -0.15) is 0 Å². The van der Waals surface area contributed by atoms with Crippen molar-refractivity contribution in [1.29, 1.82) is 0 Å². The molecular formula is C10H11BrClNO3. The third-order valence-electron chi connectivity index (χ3n) is 1.77. The van der Waals surface area contributed by atoms with Gasteiger partial charge in [0.15, 0.2) is 5.78 Å². The Morgan fingerprint density at radius 1 is 1.25 bits per heavy atom. The van der Waals surface area contributed by atoms with E-state index in [0.29, 0.717) is 5.69 Å². The maximum Gasteiger partial charge on any atom is 0.335 e. The second-order valence-corrected chi connectivity index (χ2v) is 3.18. The highest BCUT2D eigenvalue weighted by Gasteiger charge is 2.02. The van der Waals surface area contributed by atoms with Gasteiger partial charge in [-0.05, 0) is 24.3 Å². The number of anilines is 1. The number of alkyl halides is 1. The van der Waals surface area contributed by atoms with E-state index in [2.05, 4.69) is 5.32 Å². The molecule has 0 saturated heterocycles. The van der Waals surface area contributed by atoms with Crippen molar-refractivity contribution in [1.82, 2.24) is 0 Å². The first kappa shape index (κ1) is 14.9. The number of Topliss-reactive ketones (excluding diaryl/α,β-unsaturated/α-hetero) is 1. The predicted molar refractivity (Wildman–Crippen MR) is 67.9 cm³/mol. The number of aromatic carboxylic acids is 1. The summed E-state index contributed by atoms with van der Waals surface area (Å²) in [6.45, 7) is 0.149. The molecule has 16 heavy (non-hydrogen) atoms. The van der Waals surface area contributed by atoms with E-state index in [1.165, 1.54) is 12.1 Å². The lowest BCUT2D eigenvalue weighted by Crippen LogP contribution is -2.14. The number of ketones is 1. The van der Waals surface area contributed by atoms with Gasteiger partial charge >= 0.3 is 5.97 Å². The molecule has 1 rings (SSSR count). The molecule has 0 aliphatic carbocycles. The third kappa shape index (κ3) is 4.63. The van der Waals surface area contributed by atoms with Crippen molar-refractivity contribution in [2.24, 2.45) is 0 Å². The average molecular weight is 309 g/mol. The van der Waals surface area contributed by atoms with Crippen molar-refractivity contribution in [3.8, 4) is 0 Å². The Morgan fingerprint density at radius 2 is 1.81 bits per heavy atom. The Labute approximate surface area is 108 Å². The van der Waals surface area contributed by atoms with Crippen LogP contribution in [0.3, 0.4) is 0 Å². The van der Waals surface area contributed by atoms with Gasteiger partial charge in [0.25, 0.3) is 0 Å². The number of rotatable bonds is 5. The van der Waals surface area contributed by atoms with Crippen LogP contribution in [0.15, 0.2) is 24.3 Å². The summed E-state index contributed by atoms with van der Waals surface area (Å²) in [6.07, 6.45) is 0. The summed E-state index contributed by atoms with van der Waals surface area (Å²) < 4.78 is 0. The second kappa shape index (κ2) is 7.24. The highest BCUT2D eigenvalue weighted by atomic mass is 79.9. The Bertz CT molecular complexity index is 367. The zero-order valence-electron chi connectivity index (χ0n) is 8.27. The second-order valence-electron chi connectivity index (χ2n) is 2.91. The van der Waals surface area contributed by atoms with Crippen LogP contribution in [-0.2, 0) is 4.79 Å². The number of hydrogen-bond acceptors (Lipinski definition) is 3. The predicted octanol–water partition coefficient (Wildman–Crippen LogP) is 2.18. The standard InChI is InChI=1S/C10H10ClNO3.BrH/c11-5-9(13)6-12-8-3-1-7(2-4-8)10(14)15;/h1-4,12H,5-6H2,(H,14,15);1H. The first-order valence-electron chi connectivity index (χ1n) is 4.28. The number of carbonyl (C=O) groups is 2. The summed E-state index contributed by atoms with van der Waals surface area (Å²) in [7, 11) is 0. The van der Waals surface area contributed by atoms with E-state index >= 15 is 0 Å². The van der Waals surface area contributed by atoms with Crippen LogP contribution in [-0.4, -0.2) is 29.3 Å². The van der Waals surface area contributed by atoms with Crippen LogP contribution in [0.1, 0.15) is 10.4 Å². The highest BCUT2D eigenvalue weighted by molar-refractivity contribution is 8.93. The van der Waals surface area contributed by atoms with E-state index in [9.17, 15) is 9.59 Å². The van der Waals surface area contributed by atoms with Crippen LogP contribution in [0.25, 0.3) is 0 Å². The van der Waals surface area contributed by atoms with Gasteiger partial charge in [-0.25, -0.2) is 4.79 Å². The number of halogens is 2. The van der Waals surface area contributed by atoms with Gasteiger partial charge in [0.1, 0.15) is 0 Å². The third-order valence-corrected chi connectivity index (χ3v) is 2.07. The van der Waals surface area contributed by atoms with Crippen molar-refractivity contribution in [2.75, 3.05) is 17.7 Å². The van der Waals surface area contributed by atoms with E-state index in [1.54, 1.807) is 12.1 Å². The van der Waals surface area contributed by atoms with E-state index in [4.69, 9.17) is 16.7 Å². The number of hydrogen-bond donors (Lipinski definition) is 2. The Morgan fingerprint density at radius 3 is 2.25 bits per heavy atom. The summed E-state index contributed by atoms with van der Waals surface area (Å²) in [5.74, 6) is -1.11. The minimum atomic E-state index is -0.974. The molecule has 0 heterocycles. The molecule has 88 valence electrons. The maximum absolute atomic E-state index is 10.9. The van der Waals surface area contributed by atoms with Crippen molar-refractivity contribution < 1.29 is 14.7 Å². The Hall–Kier alpha value is -1.07. The molecular weight excluding hydrogens is 297 g/mol. The molecule has 0 fully saturated rings. The van der Waals surface area contributed by atoms with Gasteiger partial charge < -0.3 is 10.4 Å². The molecule has 1 aromatic carbocycles. The van der Waals surface area contributed by atoms with E-state index < -0.39 is 5.97 Å². The Balaban J connectivity index is 0.00000225. The largest absolute Gasteiger partial charge is 0.478 e. The molecule has 0 spiro atoms. The summed E-state index contributed by atoms with van der Waals surface area (Å²) in [5, 5.41) is 11.5. The maximum atomic E-state index is 10.9. The molecule has 0 saturated carbocycles. The molecule has 0 radical (unpaired) electrons. The van der Waals surface area contributed by atoms with Crippen LogP contribution >= 0.6 is 28.6 Å². The summed E-state index contributed by atoms with van der Waals surface area (Å²) in [4.78, 5) is 21.4. The smallest absolute Gasteiger partial charge is 0.335 e. The minimum absolute atomic E-state index is 0. The lowest BCUT2D eigenvalue weighted by atomic mass is 10.2. The van der Waals surface area contributed by atoms with Gasteiger partial charge in [-0.1, -0.05) is 0 Å². The molecule has 0 atom stereocenters. The molecule has 6 heteroatoms. The summed E-state index contributed by atoms with van der Waals surface area (Å²) in [6, 6.07) is 6.14. The van der Waals surface area contributed by atoms with Crippen LogP contribution in [0, 0.1) is 0 Å².